The number of nitrogens with zero attached hydrogens (tertiary/aromatic N) is 2. The molecule has 0 aliphatic rings. The van der Waals surface area contributed by atoms with Crippen LogP contribution in [-0.2, 0) is 4.79 Å². The second-order valence-corrected chi connectivity index (χ2v) is 4.20. The van der Waals surface area contributed by atoms with Gasteiger partial charge in [-0.05, 0) is 19.8 Å². The maximum absolute atomic E-state index is 11.9. The van der Waals surface area contributed by atoms with Crippen LogP contribution in [0.15, 0.2) is 0 Å². The van der Waals surface area contributed by atoms with Gasteiger partial charge >= 0.3 is 0 Å². The third-order valence-electron chi connectivity index (χ3n) is 2.32. The van der Waals surface area contributed by atoms with Crippen LogP contribution in [0, 0.1) is 23.2 Å². The molecular weight excluding hydrogens is 192 g/mol. The molecule has 15 heavy (non-hydrogen) atoms. The first-order valence-electron chi connectivity index (χ1n) is 5.26. The number of aliphatic hydroxyl groups excluding tert-OH is 1. The number of carbonyl (C=O) groups is 1. The summed E-state index contributed by atoms with van der Waals surface area (Å²) in [5.41, 5.74) is 0. The van der Waals surface area contributed by atoms with Gasteiger partial charge in [0.15, 0.2) is 0 Å². The summed E-state index contributed by atoms with van der Waals surface area (Å²) >= 11 is 0. The predicted octanol–water partition coefficient (Wildman–Crippen LogP) is 1.01. The molecule has 0 rings (SSSR count). The van der Waals surface area contributed by atoms with Crippen LogP contribution in [-0.4, -0.2) is 35.1 Å². The third kappa shape index (κ3) is 3.88. The maximum atomic E-state index is 11.9. The van der Waals surface area contributed by atoms with Gasteiger partial charge in [-0.15, -0.1) is 0 Å². The smallest absolute Gasteiger partial charge is 0.240 e. The van der Waals surface area contributed by atoms with Gasteiger partial charge in [0.05, 0.1) is 12.7 Å². The Morgan fingerprint density at radius 2 is 1.93 bits per heavy atom. The van der Waals surface area contributed by atoms with Gasteiger partial charge in [0, 0.05) is 12.6 Å². The molecule has 0 spiro atoms. The van der Waals surface area contributed by atoms with E-state index in [0.717, 1.165) is 0 Å². The number of nitriles is 1. The molecule has 0 aromatic carbocycles. The van der Waals surface area contributed by atoms with Crippen molar-refractivity contribution in [3.8, 4) is 6.07 Å². The van der Waals surface area contributed by atoms with Crippen molar-refractivity contribution in [2.45, 2.75) is 33.7 Å². The lowest BCUT2D eigenvalue weighted by atomic mass is 9.95. The molecule has 0 aliphatic heterocycles. The Morgan fingerprint density at radius 1 is 1.40 bits per heavy atom. The lowest BCUT2D eigenvalue weighted by Crippen LogP contribution is -2.43. The van der Waals surface area contributed by atoms with Crippen molar-refractivity contribution in [1.82, 2.24) is 4.90 Å². The molecule has 0 saturated carbocycles. The monoisotopic (exact) mass is 212 g/mol. The van der Waals surface area contributed by atoms with Crippen LogP contribution in [0.25, 0.3) is 0 Å². The van der Waals surface area contributed by atoms with Crippen LogP contribution in [0.4, 0.5) is 0 Å². The number of hydrogen-bond donors (Lipinski definition) is 1. The third-order valence-corrected chi connectivity index (χ3v) is 2.32. The van der Waals surface area contributed by atoms with Crippen molar-refractivity contribution in [3.05, 3.63) is 0 Å². The highest BCUT2D eigenvalue weighted by Crippen LogP contribution is 2.14. The number of carbonyl (C=O) groups excluding carboxylic acids is 1. The van der Waals surface area contributed by atoms with Crippen molar-refractivity contribution < 1.29 is 9.90 Å². The van der Waals surface area contributed by atoms with Gasteiger partial charge in [0.2, 0.25) is 5.91 Å². The Hall–Kier alpha value is -1.08. The second kappa shape index (κ2) is 6.41. The first-order valence-corrected chi connectivity index (χ1v) is 5.26. The van der Waals surface area contributed by atoms with E-state index in [0.29, 0.717) is 6.54 Å². The van der Waals surface area contributed by atoms with E-state index in [1.54, 1.807) is 4.90 Å². The van der Waals surface area contributed by atoms with Crippen molar-refractivity contribution >= 4 is 5.91 Å². The maximum Gasteiger partial charge on any atom is 0.240 e. The van der Waals surface area contributed by atoms with E-state index >= 15 is 0 Å². The van der Waals surface area contributed by atoms with Gasteiger partial charge < -0.3 is 10.0 Å². The molecule has 0 aliphatic carbocycles. The summed E-state index contributed by atoms with van der Waals surface area (Å²) in [7, 11) is 0. The molecule has 1 unspecified atom stereocenters. The van der Waals surface area contributed by atoms with Gasteiger partial charge in [-0.25, -0.2) is 0 Å². The number of aliphatic hydroxyl groups is 1. The fraction of sp³-hybridized carbons (Fsp3) is 0.818. The van der Waals surface area contributed by atoms with Crippen LogP contribution in [0.2, 0.25) is 0 Å². The van der Waals surface area contributed by atoms with Crippen LogP contribution < -0.4 is 0 Å². The van der Waals surface area contributed by atoms with E-state index in [2.05, 4.69) is 0 Å². The van der Waals surface area contributed by atoms with Crippen LogP contribution in [0.1, 0.15) is 27.7 Å². The fourth-order valence-electron chi connectivity index (χ4n) is 1.40. The topological polar surface area (TPSA) is 64.3 Å². The number of rotatable bonds is 5. The quantitative estimate of drug-likeness (QED) is 0.739. The minimum atomic E-state index is -0.612. The largest absolute Gasteiger partial charge is 0.395 e. The van der Waals surface area contributed by atoms with Gasteiger partial charge in [-0.1, -0.05) is 13.8 Å². The molecule has 1 N–H and O–H groups in total. The van der Waals surface area contributed by atoms with Crippen molar-refractivity contribution in [2.75, 3.05) is 13.2 Å². The molecule has 1 amide bonds. The molecule has 0 radical (unpaired) electrons. The Morgan fingerprint density at radius 3 is 2.20 bits per heavy atom. The number of amides is 1. The van der Waals surface area contributed by atoms with E-state index in [1.807, 2.05) is 33.8 Å². The molecule has 0 bridgehead atoms. The predicted molar refractivity (Wildman–Crippen MR) is 57.9 cm³/mol. The number of hydrogen-bond acceptors (Lipinski definition) is 3. The zero-order chi connectivity index (χ0) is 12.0. The average molecular weight is 212 g/mol. The van der Waals surface area contributed by atoms with Gasteiger partial charge in [-0.2, -0.15) is 5.26 Å². The molecule has 4 heteroatoms. The molecule has 86 valence electrons. The average Bonchev–Trinajstić information content (AvgIpc) is 2.13. The summed E-state index contributed by atoms with van der Waals surface area (Å²) in [4.78, 5) is 13.5. The standard InChI is InChI=1S/C11H20N2O2/c1-8(2)10(7-12)11(15)13(5-6-14)9(3)4/h8-10,14H,5-6H2,1-4H3. The SMILES string of the molecule is CC(C)C(C#N)C(=O)N(CCO)C(C)C. The summed E-state index contributed by atoms with van der Waals surface area (Å²) in [6, 6.07) is 2.04. The Kier molecular flexibility index (Phi) is 5.95. The lowest BCUT2D eigenvalue weighted by molar-refractivity contribution is -0.137. The first kappa shape index (κ1) is 13.9. The van der Waals surface area contributed by atoms with Gasteiger partial charge in [0.1, 0.15) is 5.92 Å². The van der Waals surface area contributed by atoms with Crippen molar-refractivity contribution in [3.63, 3.8) is 0 Å². The van der Waals surface area contributed by atoms with Crippen LogP contribution >= 0.6 is 0 Å². The zero-order valence-electron chi connectivity index (χ0n) is 9.90. The highest BCUT2D eigenvalue weighted by atomic mass is 16.3. The summed E-state index contributed by atoms with van der Waals surface area (Å²) in [5, 5.41) is 17.8. The molecule has 0 fully saturated rings. The minimum Gasteiger partial charge on any atom is -0.395 e. The van der Waals surface area contributed by atoms with Crippen LogP contribution in [0.3, 0.4) is 0 Å². The Bertz CT molecular complexity index is 243. The lowest BCUT2D eigenvalue weighted by Gasteiger charge is -2.28. The van der Waals surface area contributed by atoms with Crippen molar-refractivity contribution in [1.29, 1.82) is 5.26 Å². The highest BCUT2D eigenvalue weighted by molar-refractivity contribution is 5.81. The van der Waals surface area contributed by atoms with Gasteiger partial charge in [-0.3, -0.25) is 4.79 Å². The van der Waals surface area contributed by atoms with E-state index in [9.17, 15) is 4.79 Å². The Labute approximate surface area is 91.5 Å². The van der Waals surface area contributed by atoms with Crippen LogP contribution in [0.5, 0.6) is 0 Å². The summed E-state index contributed by atoms with van der Waals surface area (Å²) < 4.78 is 0. The Balaban J connectivity index is 4.69. The van der Waals surface area contributed by atoms with E-state index in [-0.39, 0.29) is 24.5 Å². The fourth-order valence-corrected chi connectivity index (χ4v) is 1.40. The normalized spacial score (nSPS) is 12.7. The van der Waals surface area contributed by atoms with E-state index in [1.165, 1.54) is 0 Å². The molecule has 0 heterocycles. The second-order valence-electron chi connectivity index (χ2n) is 4.20. The van der Waals surface area contributed by atoms with E-state index in [4.69, 9.17) is 10.4 Å². The summed E-state index contributed by atoms with van der Waals surface area (Å²) in [5.74, 6) is -0.794. The summed E-state index contributed by atoms with van der Waals surface area (Å²) in [6.07, 6.45) is 0. The zero-order valence-corrected chi connectivity index (χ0v) is 9.90. The van der Waals surface area contributed by atoms with Gasteiger partial charge in [0.25, 0.3) is 0 Å². The highest BCUT2D eigenvalue weighted by Gasteiger charge is 2.27. The molecule has 0 saturated heterocycles. The van der Waals surface area contributed by atoms with E-state index < -0.39 is 5.92 Å². The molecule has 4 nitrogen and oxygen atoms in total. The minimum absolute atomic E-state index is 0.00226. The van der Waals surface area contributed by atoms with Crippen molar-refractivity contribution in [2.24, 2.45) is 11.8 Å². The molecule has 0 aromatic heterocycles. The molecule has 1 atom stereocenters. The molecular formula is C11H20N2O2. The molecule has 0 aromatic rings. The first-order chi connectivity index (χ1) is 6.95. The summed E-state index contributed by atoms with van der Waals surface area (Å²) in [6.45, 7) is 7.68.